The Labute approximate surface area is 154 Å². The average molecular weight is 351 g/mol. The van der Waals surface area contributed by atoms with Crippen LogP contribution in [0.25, 0.3) is 11.1 Å². The van der Waals surface area contributed by atoms with E-state index in [-0.39, 0.29) is 17.6 Å². The lowest BCUT2D eigenvalue weighted by Crippen LogP contribution is -2.51. The Morgan fingerprint density at radius 1 is 0.923 bits per heavy atom. The molecule has 4 rings (SSSR count). The van der Waals surface area contributed by atoms with Gasteiger partial charge in [0.1, 0.15) is 0 Å². The van der Waals surface area contributed by atoms with Crippen molar-refractivity contribution < 1.29 is 14.3 Å². The monoisotopic (exact) mass is 351 g/mol. The lowest BCUT2D eigenvalue weighted by molar-refractivity contribution is -0.139. The number of carbonyl (C=O) groups excluding carboxylic acids is 1. The third-order valence-corrected chi connectivity index (χ3v) is 5.49. The van der Waals surface area contributed by atoms with Crippen LogP contribution in [0.3, 0.4) is 0 Å². The molecule has 1 spiro atoms. The second-order valence-electron chi connectivity index (χ2n) is 7.25. The van der Waals surface area contributed by atoms with E-state index in [1.807, 2.05) is 42.5 Å². The van der Waals surface area contributed by atoms with Gasteiger partial charge in [-0.25, -0.2) is 0 Å². The van der Waals surface area contributed by atoms with E-state index in [1.54, 1.807) is 0 Å². The van der Waals surface area contributed by atoms with Crippen LogP contribution in [0.5, 0.6) is 0 Å². The van der Waals surface area contributed by atoms with E-state index in [0.717, 1.165) is 50.0 Å². The normalized spacial score (nSPS) is 22.1. The minimum atomic E-state index is -0.106. The highest BCUT2D eigenvalue weighted by molar-refractivity contribution is 5.94. The molecule has 2 fully saturated rings. The summed E-state index contributed by atoms with van der Waals surface area (Å²) in [7, 11) is 0. The van der Waals surface area contributed by atoms with Crippen LogP contribution in [-0.4, -0.2) is 37.4 Å². The van der Waals surface area contributed by atoms with Crippen LogP contribution in [0.4, 0.5) is 0 Å². The maximum atomic E-state index is 12.7. The highest BCUT2D eigenvalue weighted by atomic mass is 16.5. The molecule has 2 aliphatic heterocycles. The first-order valence-corrected chi connectivity index (χ1v) is 9.42. The van der Waals surface area contributed by atoms with Crippen LogP contribution in [0.15, 0.2) is 54.6 Å². The van der Waals surface area contributed by atoms with Gasteiger partial charge in [-0.15, -0.1) is 0 Å². The van der Waals surface area contributed by atoms with E-state index in [9.17, 15) is 4.79 Å². The quantitative estimate of drug-likeness (QED) is 0.915. The molecule has 136 valence electrons. The second kappa shape index (κ2) is 7.60. The summed E-state index contributed by atoms with van der Waals surface area (Å²) in [6, 6.07) is 18.2. The van der Waals surface area contributed by atoms with Gasteiger partial charge in [-0.2, -0.15) is 0 Å². The first-order valence-electron chi connectivity index (χ1n) is 9.42. The zero-order chi connectivity index (χ0) is 17.8. The summed E-state index contributed by atoms with van der Waals surface area (Å²) >= 11 is 0. The van der Waals surface area contributed by atoms with Crippen LogP contribution in [-0.2, 0) is 9.47 Å². The van der Waals surface area contributed by atoms with Crippen molar-refractivity contribution in [2.24, 2.45) is 0 Å². The Morgan fingerprint density at radius 3 is 2.35 bits per heavy atom. The van der Waals surface area contributed by atoms with Crippen LogP contribution in [0.2, 0.25) is 0 Å². The molecule has 1 unspecified atom stereocenters. The van der Waals surface area contributed by atoms with E-state index in [1.165, 1.54) is 0 Å². The fourth-order valence-corrected chi connectivity index (χ4v) is 3.96. The first kappa shape index (κ1) is 17.3. The summed E-state index contributed by atoms with van der Waals surface area (Å²) in [6.07, 6.45) is 3.59. The van der Waals surface area contributed by atoms with E-state index >= 15 is 0 Å². The molecule has 2 aliphatic rings. The topological polar surface area (TPSA) is 47.6 Å². The summed E-state index contributed by atoms with van der Waals surface area (Å²) < 4.78 is 11.5. The molecule has 2 aromatic rings. The number of nitrogens with one attached hydrogen (secondary N) is 1. The van der Waals surface area contributed by atoms with Gasteiger partial charge in [0.15, 0.2) is 0 Å². The van der Waals surface area contributed by atoms with Gasteiger partial charge < -0.3 is 14.8 Å². The van der Waals surface area contributed by atoms with Crippen molar-refractivity contribution in [3.63, 3.8) is 0 Å². The molecule has 26 heavy (non-hydrogen) atoms. The van der Waals surface area contributed by atoms with Crippen molar-refractivity contribution in [2.45, 2.75) is 37.3 Å². The van der Waals surface area contributed by atoms with Gasteiger partial charge in [-0.3, -0.25) is 4.79 Å². The number of benzene rings is 2. The van der Waals surface area contributed by atoms with Crippen LogP contribution in [0.1, 0.15) is 36.0 Å². The number of carbonyl (C=O) groups is 1. The zero-order valence-corrected chi connectivity index (χ0v) is 14.9. The zero-order valence-electron chi connectivity index (χ0n) is 14.9. The van der Waals surface area contributed by atoms with Crippen molar-refractivity contribution in [1.82, 2.24) is 5.32 Å². The fourth-order valence-electron chi connectivity index (χ4n) is 3.96. The molecule has 1 N–H and O–H groups in total. The molecule has 0 saturated carbocycles. The van der Waals surface area contributed by atoms with Crippen LogP contribution >= 0.6 is 0 Å². The minimum absolute atomic E-state index is 0.00118. The highest BCUT2D eigenvalue weighted by Gasteiger charge is 2.39. The molecule has 0 aliphatic carbocycles. The van der Waals surface area contributed by atoms with Gasteiger partial charge in [0.2, 0.25) is 0 Å². The Hall–Kier alpha value is -2.17. The van der Waals surface area contributed by atoms with Gasteiger partial charge >= 0.3 is 0 Å². The summed E-state index contributed by atoms with van der Waals surface area (Å²) in [5, 5.41) is 3.21. The maximum absolute atomic E-state index is 12.7. The summed E-state index contributed by atoms with van der Waals surface area (Å²) in [4.78, 5) is 12.7. The molecule has 2 heterocycles. The molecule has 1 atom stereocenters. The number of hydrogen-bond acceptors (Lipinski definition) is 3. The minimum Gasteiger partial charge on any atom is -0.381 e. The first-order chi connectivity index (χ1) is 12.7. The van der Waals surface area contributed by atoms with Gasteiger partial charge in [-0.1, -0.05) is 42.5 Å². The van der Waals surface area contributed by atoms with Gasteiger partial charge in [0.25, 0.3) is 5.91 Å². The molecule has 4 nitrogen and oxygen atoms in total. The smallest absolute Gasteiger partial charge is 0.251 e. The molecular weight excluding hydrogens is 326 g/mol. The SMILES string of the molecule is O=C(NC1CCOC2(CCOCC2)C1)c1ccc(-c2ccccc2)cc1. The van der Waals surface area contributed by atoms with E-state index in [4.69, 9.17) is 9.47 Å². The summed E-state index contributed by atoms with van der Waals surface area (Å²) in [6.45, 7) is 2.21. The number of hydrogen-bond donors (Lipinski definition) is 1. The molecule has 1 amide bonds. The van der Waals surface area contributed by atoms with Gasteiger partial charge in [-0.05, 0) is 48.9 Å². The largest absolute Gasteiger partial charge is 0.381 e. The molecular formula is C22H25NO3. The van der Waals surface area contributed by atoms with Crippen molar-refractivity contribution in [3.05, 3.63) is 60.2 Å². The van der Waals surface area contributed by atoms with E-state index < -0.39 is 0 Å². The van der Waals surface area contributed by atoms with Crippen LogP contribution in [0, 0.1) is 0 Å². The van der Waals surface area contributed by atoms with E-state index in [0.29, 0.717) is 12.2 Å². The molecule has 2 aromatic carbocycles. The molecule has 2 saturated heterocycles. The Kier molecular flexibility index (Phi) is 5.05. The lowest BCUT2D eigenvalue weighted by Gasteiger charge is -2.43. The molecule has 0 bridgehead atoms. The predicted molar refractivity (Wildman–Crippen MR) is 101 cm³/mol. The van der Waals surface area contributed by atoms with Gasteiger partial charge in [0.05, 0.1) is 5.60 Å². The Balaban J connectivity index is 1.40. The van der Waals surface area contributed by atoms with Gasteiger partial charge in [0, 0.05) is 31.4 Å². The van der Waals surface area contributed by atoms with Crippen molar-refractivity contribution in [2.75, 3.05) is 19.8 Å². The van der Waals surface area contributed by atoms with Crippen LogP contribution < -0.4 is 5.32 Å². The Bertz CT molecular complexity index is 730. The van der Waals surface area contributed by atoms with Crippen molar-refractivity contribution in [3.8, 4) is 11.1 Å². The number of ether oxygens (including phenoxy) is 2. The molecule has 0 aromatic heterocycles. The summed E-state index contributed by atoms with van der Waals surface area (Å²) in [5.74, 6) is -0.00118. The number of amides is 1. The second-order valence-corrected chi connectivity index (χ2v) is 7.25. The summed E-state index contributed by atoms with van der Waals surface area (Å²) in [5.41, 5.74) is 2.88. The third kappa shape index (κ3) is 3.81. The van der Waals surface area contributed by atoms with E-state index in [2.05, 4.69) is 17.4 Å². The fraction of sp³-hybridized carbons (Fsp3) is 0.409. The number of rotatable bonds is 3. The van der Waals surface area contributed by atoms with Crippen molar-refractivity contribution >= 4 is 5.91 Å². The Morgan fingerprint density at radius 2 is 1.62 bits per heavy atom. The maximum Gasteiger partial charge on any atom is 0.251 e. The molecule has 4 heteroatoms. The predicted octanol–water partition coefficient (Wildman–Crippen LogP) is 3.81. The highest BCUT2D eigenvalue weighted by Crippen LogP contribution is 2.34. The average Bonchev–Trinajstić information content (AvgIpc) is 2.69. The third-order valence-electron chi connectivity index (χ3n) is 5.49. The van der Waals surface area contributed by atoms with Crippen molar-refractivity contribution in [1.29, 1.82) is 0 Å². The lowest BCUT2D eigenvalue weighted by atomic mass is 9.84. The molecule has 0 radical (unpaired) electrons. The standard InChI is InChI=1S/C22H25NO3/c24-21(19-8-6-18(7-9-19)17-4-2-1-3-5-17)23-20-10-13-26-22(16-20)11-14-25-15-12-22/h1-9,20H,10-16H2,(H,23,24).